The van der Waals surface area contributed by atoms with Crippen molar-refractivity contribution in [2.24, 2.45) is 5.41 Å². The molecule has 1 saturated heterocycles. The molecule has 3 nitrogen and oxygen atoms in total. The molecule has 18 heavy (non-hydrogen) atoms. The maximum Gasteiger partial charge on any atom is 0.303 e. The average molecular weight is 275 g/mol. The Balaban J connectivity index is 2.18. The second-order valence-corrected chi connectivity index (χ2v) is 6.28. The molecule has 1 unspecified atom stereocenters. The summed E-state index contributed by atoms with van der Waals surface area (Å²) >= 11 is 0. The van der Waals surface area contributed by atoms with Gasteiger partial charge in [-0.1, -0.05) is 12.1 Å². The van der Waals surface area contributed by atoms with Gasteiger partial charge in [0.15, 0.2) is 0 Å². The van der Waals surface area contributed by atoms with Gasteiger partial charge in [-0.25, -0.2) is 4.39 Å². The van der Waals surface area contributed by atoms with Gasteiger partial charge in [0.05, 0.1) is 5.75 Å². The predicted octanol–water partition coefficient (Wildman–Crippen LogP) is 1.65. The first-order chi connectivity index (χ1) is 8.39. The fraction of sp³-hybridized carbons (Fsp3) is 0.500. The van der Waals surface area contributed by atoms with E-state index in [1.54, 1.807) is 12.1 Å². The fourth-order valence-electron chi connectivity index (χ4n) is 2.52. The van der Waals surface area contributed by atoms with Crippen molar-refractivity contribution in [2.45, 2.75) is 12.8 Å². The van der Waals surface area contributed by atoms with Gasteiger partial charge in [0.25, 0.3) is 0 Å². The van der Waals surface area contributed by atoms with E-state index in [4.69, 9.17) is 0 Å². The van der Waals surface area contributed by atoms with Crippen LogP contribution in [0.4, 0.5) is 8.28 Å². The number of halogens is 2. The molecule has 100 valence electrons. The average Bonchev–Trinajstić information content (AvgIpc) is 2.67. The molecule has 1 aromatic carbocycles. The third kappa shape index (κ3) is 3.49. The standard InChI is InChI=1S/C12H15F2NO2S/c13-11-3-1-10(2-4-11)7-12(5-6-15-8-12)9-18(14,16)17/h1-4,15H,5-9H2. The highest BCUT2D eigenvalue weighted by Crippen LogP contribution is 2.32. The molecular weight excluding hydrogens is 260 g/mol. The molecule has 1 aliphatic heterocycles. The number of rotatable bonds is 4. The van der Waals surface area contributed by atoms with Crippen molar-refractivity contribution in [3.05, 3.63) is 35.6 Å². The SMILES string of the molecule is O=S(=O)(F)CC1(Cc2ccc(F)cc2)CCNC1. The van der Waals surface area contributed by atoms with Crippen LogP contribution in [0.1, 0.15) is 12.0 Å². The van der Waals surface area contributed by atoms with E-state index in [2.05, 4.69) is 5.32 Å². The topological polar surface area (TPSA) is 46.2 Å². The minimum Gasteiger partial charge on any atom is -0.316 e. The van der Waals surface area contributed by atoms with E-state index in [-0.39, 0.29) is 5.82 Å². The molecule has 1 atom stereocenters. The van der Waals surface area contributed by atoms with Crippen LogP contribution in [-0.2, 0) is 16.6 Å². The van der Waals surface area contributed by atoms with Crippen LogP contribution in [0.25, 0.3) is 0 Å². The Labute approximate surface area is 105 Å². The summed E-state index contributed by atoms with van der Waals surface area (Å²) in [6.45, 7) is 1.14. The summed E-state index contributed by atoms with van der Waals surface area (Å²) in [6.07, 6.45) is 1.04. The summed E-state index contributed by atoms with van der Waals surface area (Å²) in [6, 6.07) is 5.88. The van der Waals surface area contributed by atoms with E-state index in [9.17, 15) is 16.7 Å². The minimum absolute atomic E-state index is 0.338. The van der Waals surface area contributed by atoms with Gasteiger partial charge < -0.3 is 5.32 Å². The van der Waals surface area contributed by atoms with Crippen molar-refractivity contribution in [2.75, 3.05) is 18.8 Å². The third-order valence-electron chi connectivity index (χ3n) is 3.30. The Kier molecular flexibility index (Phi) is 3.68. The highest BCUT2D eigenvalue weighted by Gasteiger charge is 2.38. The molecular formula is C12H15F2NO2S. The lowest BCUT2D eigenvalue weighted by atomic mass is 9.83. The Morgan fingerprint density at radius 1 is 1.28 bits per heavy atom. The van der Waals surface area contributed by atoms with Crippen LogP contribution in [0.2, 0.25) is 0 Å². The van der Waals surface area contributed by atoms with Crippen molar-refractivity contribution in [3.8, 4) is 0 Å². The molecule has 0 spiro atoms. The van der Waals surface area contributed by atoms with Crippen molar-refractivity contribution >= 4 is 10.2 Å². The number of hydrogen-bond acceptors (Lipinski definition) is 3. The number of hydrogen-bond donors (Lipinski definition) is 1. The molecule has 0 bridgehead atoms. The molecule has 1 N–H and O–H groups in total. The smallest absolute Gasteiger partial charge is 0.303 e. The zero-order chi connectivity index (χ0) is 13.2. The van der Waals surface area contributed by atoms with E-state index >= 15 is 0 Å². The maximum absolute atomic E-state index is 12.9. The fourth-order valence-corrected chi connectivity index (χ4v) is 3.60. The van der Waals surface area contributed by atoms with Crippen LogP contribution in [0, 0.1) is 11.2 Å². The summed E-state index contributed by atoms with van der Waals surface area (Å²) < 4.78 is 47.5. The molecule has 0 amide bonds. The van der Waals surface area contributed by atoms with Crippen molar-refractivity contribution in [1.29, 1.82) is 0 Å². The first-order valence-electron chi connectivity index (χ1n) is 5.76. The van der Waals surface area contributed by atoms with E-state index in [0.717, 1.165) is 5.56 Å². The molecule has 2 rings (SSSR count). The van der Waals surface area contributed by atoms with Gasteiger partial charge in [-0.3, -0.25) is 0 Å². The van der Waals surface area contributed by atoms with Gasteiger partial charge in [0.1, 0.15) is 5.82 Å². The van der Waals surface area contributed by atoms with Gasteiger partial charge in [-0.15, -0.1) is 3.89 Å². The first kappa shape index (κ1) is 13.4. The summed E-state index contributed by atoms with van der Waals surface area (Å²) in [4.78, 5) is 0. The van der Waals surface area contributed by atoms with Crippen LogP contribution in [-0.4, -0.2) is 27.3 Å². The Morgan fingerprint density at radius 3 is 2.44 bits per heavy atom. The Morgan fingerprint density at radius 2 is 1.94 bits per heavy atom. The van der Waals surface area contributed by atoms with E-state index < -0.39 is 21.4 Å². The quantitative estimate of drug-likeness (QED) is 0.850. The number of nitrogens with one attached hydrogen (secondary N) is 1. The second-order valence-electron chi connectivity index (χ2n) is 4.91. The van der Waals surface area contributed by atoms with Crippen LogP contribution in [0.3, 0.4) is 0 Å². The van der Waals surface area contributed by atoms with Crippen LogP contribution < -0.4 is 5.32 Å². The lowest BCUT2D eigenvalue weighted by molar-refractivity contribution is 0.357. The molecule has 0 radical (unpaired) electrons. The Hall–Kier alpha value is -1.01. The van der Waals surface area contributed by atoms with Gasteiger partial charge >= 0.3 is 10.2 Å². The zero-order valence-corrected chi connectivity index (χ0v) is 10.6. The van der Waals surface area contributed by atoms with Crippen LogP contribution in [0.15, 0.2) is 24.3 Å². The van der Waals surface area contributed by atoms with Gasteiger partial charge in [0, 0.05) is 12.0 Å². The lowest BCUT2D eigenvalue weighted by Gasteiger charge is -2.26. The molecule has 1 aromatic rings. The van der Waals surface area contributed by atoms with E-state index in [1.165, 1.54) is 12.1 Å². The summed E-state index contributed by atoms with van der Waals surface area (Å²) in [5, 5.41) is 3.06. The molecule has 0 aromatic heterocycles. The highest BCUT2D eigenvalue weighted by atomic mass is 32.3. The van der Waals surface area contributed by atoms with Crippen LogP contribution in [0.5, 0.6) is 0 Å². The molecule has 1 heterocycles. The maximum atomic E-state index is 12.9. The summed E-state index contributed by atoms with van der Waals surface area (Å²) in [5.74, 6) is -0.819. The van der Waals surface area contributed by atoms with Gasteiger partial charge in [0.2, 0.25) is 0 Å². The molecule has 0 aliphatic carbocycles. The zero-order valence-electron chi connectivity index (χ0n) is 9.83. The van der Waals surface area contributed by atoms with E-state index in [1.807, 2.05) is 0 Å². The molecule has 6 heteroatoms. The third-order valence-corrected chi connectivity index (χ3v) is 4.26. The Bertz CT molecular complexity index is 507. The van der Waals surface area contributed by atoms with Crippen molar-refractivity contribution in [3.63, 3.8) is 0 Å². The monoisotopic (exact) mass is 275 g/mol. The van der Waals surface area contributed by atoms with E-state index in [0.29, 0.717) is 25.9 Å². The lowest BCUT2D eigenvalue weighted by Crippen LogP contribution is -2.33. The normalized spacial score (nSPS) is 24.3. The first-order valence-corrected chi connectivity index (χ1v) is 7.31. The largest absolute Gasteiger partial charge is 0.316 e. The highest BCUT2D eigenvalue weighted by molar-refractivity contribution is 7.86. The summed E-state index contributed by atoms with van der Waals surface area (Å²) in [5.41, 5.74) is 0.203. The molecule has 1 fully saturated rings. The van der Waals surface area contributed by atoms with Gasteiger partial charge in [-0.2, -0.15) is 8.42 Å². The van der Waals surface area contributed by atoms with Crippen molar-refractivity contribution in [1.82, 2.24) is 5.32 Å². The molecule has 1 aliphatic rings. The predicted molar refractivity (Wildman–Crippen MR) is 64.9 cm³/mol. The van der Waals surface area contributed by atoms with Gasteiger partial charge in [-0.05, 0) is 37.1 Å². The summed E-state index contributed by atoms with van der Waals surface area (Å²) in [7, 11) is -4.51. The van der Waals surface area contributed by atoms with Crippen molar-refractivity contribution < 1.29 is 16.7 Å². The minimum atomic E-state index is -4.51. The molecule has 0 saturated carbocycles. The number of benzene rings is 1. The second kappa shape index (κ2) is 4.93. The van der Waals surface area contributed by atoms with Crippen LogP contribution >= 0.6 is 0 Å².